The van der Waals surface area contributed by atoms with Crippen molar-refractivity contribution in [1.29, 1.82) is 0 Å². The second kappa shape index (κ2) is 10.6. The van der Waals surface area contributed by atoms with Gasteiger partial charge in [-0.1, -0.05) is 173 Å². The predicted molar refractivity (Wildman–Crippen MR) is 190 cm³/mol. The molecular formula is C42H39BO. The van der Waals surface area contributed by atoms with Gasteiger partial charge in [0.25, 0.3) is 0 Å². The van der Waals surface area contributed by atoms with Gasteiger partial charge in [-0.15, -0.1) is 0 Å². The van der Waals surface area contributed by atoms with Crippen LogP contribution in [0.1, 0.15) is 52.7 Å². The van der Waals surface area contributed by atoms with Crippen LogP contribution in [0.4, 0.5) is 0 Å². The van der Waals surface area contributed by atoms with E-state index in [9.17, 15) is 0 Å². The number of ether oxygens (including phenoxy) is 1. The Morgan fingerprint density at radius 1 is 0.432 bits per heavy atom. The fourth-order valence-corrected chi connectivity index (χ4v) is 6.61. The van der Waals surface area contributed by atoms with Gasteiger partial charge in [-0.05, 0) is 56.2 Å². The van der Waals surface area contributed by atoms with Gasteiger partial charge in [0.1, 0.15) is 11.5 Å². The van der Waals surface area contributed by atoms with E-state index in [1.807, 2.05) is 12.1 Å². The number of rotatable bonds is 4. The third-order valence-electron chi connectivity index (χ3n) is 9.17. The number of hydrogen-bond donors (Lipinski definition) is 0. The second-order valence-corrected chi connectivity index (χ2v) is 14.2. The molecule has 0 bridgehead atoms. The fraction of sp³-hybridized carbons (Fsp3) is 0.190. The van der Waals surface area contributed by atoms with Crippen molar-refractivity contribution in [1.82, 2.24) is 0 Å². The largest absolute Gasteiger partial charge is 0.456 e. The molecule has 0 unspecified atom stereocenters. The van der Waals surface area contributed by atoms with Crippen LogP contribution in [0.15, 0.2) is 127 Å². The van der Waals surface area contributed by atoms with Crippen LogP contribution in [0.25, 0.3) is 33.0 Å². The highest BCUT2D eigenvalue weighted by atomic mass is 16.5. The average Bonchev–Trinajstić information content (AvgIpc) is 3.01. The quantitative estimate of drug-likeness (QED) is 0.192. The summed E-state index contributed by atoms with van der Waals surface area (Å²) in [5.41, 5.74) is 11.7. The van der Waals surface area contributed by atoms with Crippen molar-refractivity contribution >= 4 is 33.9 Å². The molecule has 0 aliphatic carbocycles. The minimum Gasteiger partial charge on any atom is -0.456 e. The molecule has 0 spiro atoms. The second-order valence-electron chi connectivity index (χ2n) is 14.2. The van der Waals surface area contributed by atoms with Crippen molar-refractivity contribution in [3.63, 3.8) is 0 Å². The molecule has 0 saturated carbocycles. The van der Waals surface area contributed by atoms with E-state index in [4.69, 9.17) is 4.74 Å². The molecule has 0 N–H and O–H groups in total. The summed E-state index contributed by atoms with van der Waals surface area (Å²) in [7, 11) is 0. The first-order chi connectivity index (χ1) is 21.1. The maximum atomic E-state index is 6.35. The minimum absolute atomic E-state index is 0.121. The van der Waals surface area contributed by atoms with Crippen LogP contribution in [-0.4, -0.2) is 6.71 Å². The molecule has 6 aromatic carbocycles. The zero-order chi connectivity index (χ0) is 30.6. The van der Waals surface area contributed by atoms with Crippen LogP contribution >= 0.6 is 0 Å². The van der Waals surface area contributed by atoms with Crippen molar-refractivity contribution in [2.45, 2.75) is 52.4 Å². The average molecular weight is 571 g/mol. The topological polar surface area (TPSA) is 9.23 Å². The maximum absolute atomic E-state index is 6.35. The van der Waals surface area contributed by atoms with Crippen molar-refractivity contribution in [2.75, 3.05) is 0 Å². The molecule has 44 heavy (non-hydrogen) atoms. The smallest absolute Gasteiger partial charge is 0.241 e. The van der Waals surface area contributed by atoms with E-state index in [0.29, 0.717) is 0 Å². The Morgan fingerprint density at radius 3 is 1.50 bits per heavy atom. The Kier molecular flexibility index (Phi) is 6.78. The van der Waals surface area contributed by atoms with Gasteiger partial charge >= 0.3 is 0 Å². The first-order valence-corrected chi connectivity index (χ1v) is 15.7. The Balaban J connectivity index is 1.31. The Morgan fingerprint density at radius 2 is 0.932 bits per heavy atom. The summed E-state index contributed by atoms with van der Waals surface area (Å²) in [6.45, 7) is 13.8. The van der Waals surface area contributed by atoms with Crippen molar-refractivity contribution in [2.24, 2.45) is 0 Å². The highest BCUT2D eigenvalue weighted by Crippen LogP contribution is 2.48. The molecule has 1 aliphatic rings. The highest BCUT2D eigenvalue weighted by Gasteiger charge is 2.25. The van der Waals surface area contributed by atoms with E-state index >= 15 is 0 Å². The lowest BCUT2D eigenvalue weighted by molar-refractivity contribution is 0.487. The summed E-state index contributed by atoms with van der Waals surface area (Å²) in [5.74, 6) is 1.84. The molecule has 0 atom stereocenters. The molecule has 1 nitrogen and oxygen atoms in total. The Bertz CT molecular complexity index is 1910. The summed E-state index contributed by atoms with van der Waals surface area (Å²) >= 11 is 0. The van der Waals surface area contributed by atoms with Crippen LogP contribution in [0.2, 0.25) is 0 Å². The molecule has 6 aromatic rings. The fourth-order valence-electron chi connectivity index (χ4n) is 6.61. The molecule has 1 aliphatic heterocycles. The summed E-state index contributed by atoms with van der Waals surface area (Å²) < 4.78 is 6.35. The third kappa shape index (κ3) is 5.03. The predicted octanol–water partition coefficient (Wildman–Crippen LogP) is 9.39. The molecule has 0 radical (unpaired) electrons. The number of fused-ring (bicyclic) bond motifs is 2. The highest BCUT2D eigenvalue weighted by molar-refractivity contribution is 6.95. The Hall–Kier alpha value is -4.56. The molecule has 7 rings (SSSR count). The van der Waals surface area contributed by atoms with E-state index < -0.39 is 0 Å². The van der Waals surface area contributed by atoms with E-state index in [1.165, 1.54) is 55.0 Å². The zero-order valence-electron chi connectivity index (χ0n) is 26.6. The van der Waals surface area contributed by atoms with Gasteiger partial charge in [-0.25, -0.2) is 0 Å². The summed E-state index contributed by atoms with van der Waals surface area (Å²) in [5, 5.41) is 2.40. The van der Waals surface area contributed by atoms with Crippen molar-refractivity contribution < 1.29 is 4.74 Å². The lowest BCUT2D eigenvalue weighted by atomic mass is 9.36. The summed E-state index contributed by atoms with van der Waals surface area (Å²) in [4.78, 5) is 0. The van der Waals surface area contributed by atoms with Crippen LogP contribution in [0.5, 0.6) is 11.5 Å². The third-order valence-corrected chi connectivity index (χ3v) is 9.17. The first-order valence-electron chi connectivity index (χ1n) is 15.7. The lowest BCUT2D eigenvalue weighted by Gasteiger charge is -2.23. The normalized spacial score (nSPS) is 12.5. The lowest BCUT2D eigenvalue weighted by Crippen LogP contribution is -2.52. The molecule has 2 heteroatoms. The van der Waals surface area contributed by atoms with Gasteiger partial charge in [0.15, 0.2) is 0 Å². The molecule has 0 saturated heterocycles. The molecular weight excluding hydrogens is 531 g/mol. The summed E-state index contributed by atoms with van der Waals surface area (Å²) in [6, 6.07) is 46.9. The number of hydrogen-bond acceptors (Lipinski definition) is 1. The van der Waals surface area contributed by atoms with Gasteiger partial charge in [0.2, 0.25) is 6.71 Å². The van der Waals surface area contributed by atoms with Crippen LogP contribution < -0.4 is 21.1 Å². The van der Waals surface area contributed by atoms with Gasteiger partial charge in [0.05, 0.1) is 0 Å². The van der Waals surface area contributed by atoms with E-state index in [0.717, 1.165) is 17.1 Å². The van der Waals surface area contributed by atoms with E-state index in [1.54, 1.807) is 0 Å². The molecule has 0 amide bonds. The van der Waals surface area contributed by atoms with E-state index in [-0.39, 0.29) is 17.5 Å². The zero-order valence-corrected chi connectivity index (χ0v) is 26.6. The molecule has 1 heterocycles. The monoisotopic (exact) mass is 570 g/mol. The van der Waals surface area contributed by atoms with Crippen LogP contribution in [-0.2, 0) is 10.8 Å². The minimum atomic E-state index is 0.121. The number of para-hydroxylation sites is 1. The number of benzene rings is 6. The maximum Gasteiger partial charge on any atom is 0.241 e. The van der Waals surface area contributed by atoms with Gasteiger partial charge < -0.3 is 4.74 Å². The van der Waals surface area contributed by atoms with Gasteiger partial charge in [0, 0.05) is 10.9 Å². The molecule has 0 fully saturated rings. The van der Waals surface area contributed by atoms with Gasteiger partial charge in [-0.3, -0.25) is 0 Å². The molecule has 216 valence electrons. The van der Waals surface area contributed by atoms with Gasteiger partial charge in [-0.2, -0.15) is 0 Å². The summed E-state index contributed by atoms with van der Waals surface area (Å²) in [6.07, 6.45) is 0. The first kappa shape index (κ1) is 28.2. The Labute approximate surface area is 262 Å². The SMILES string of the molecule is CC(C)(C)c1ccc(B(c2ccc(-c3ccc4c5c(cccc35)Oc3ccccc3-4)cc2)c2ccc(C(C)(C)C)cc2)cc1. The molecule has 0 aromatic heterocycles. The van der Waals surface area contributed by atoms with Crippen molar-refractivity contribution in [3.05, 3.63) is 139 Å². The van der Waals surface area contributed by atoms with E-state index in [2.05, 4.69) is 157 Å². The van der Waals surface area contributed by atoms with Crippen molar-refractivity contribution in [3.8, 4) is 33.8 Å². The van der Waals surface area contributed by atoms with Crippen LogP contribution in [0, 0.1) is 0 Å². The van der Waals surface area contributed by atoms with Crippen LogP contribution in [0.3, 0.4) is 0 Å². The standard InChI is InChI=1S/C42H39BO/c1-41(2,3)29-16-22-32(23-17-29)43(33-24-18-30(19-25-33)42(4,5)6)31-20-14-28(15-21-31)34-26-27-37-35-10-7-8-12-38(35)44-39-13-9-11-36(34)40(37)39/h7-27H,1-6H3.